The van der Waals surface area contributed by atoms with Gasteiger partial charge in [-0.1, -0.05) is 30.3 Å². The van der Waals surface area contributed by atoms with Crippen LogP contribution in [0.1, 0.15) is 11.6 Å². The number of anilines is 3. The number of amides is 1. The first-order valence-electron chi connectivity index (χ1n) is 8.04. The Morgan fingerprint density at radius 3 is 2.37 bits per heavy atom. The maximum Gasteiger partial charge on any atom is 0.252 e. The summed E-state index contributed by atoms with van der Waals surface area (Å²) >= 11 is 0. The van der Waals surface area contributed by atoms with Crippen LogP contribution < -0.4 is 15.4 Å². The number of aromatic nitrogens is 2. The standard InChI is InChI=1S/C18H15N5O3S/c19-27(25,26)13-7-8-15-14(11-13)22-17(24)16(12-5-2-1-3-6-12)23(15)18-20-9-4-10-21-18/h1-11,16H,(H,22,24)(H2,19,25,26). The average molecular weight is 381 g/mol. The lowest BCUT2D eigenvalue weighted by Gasteiger charge is -2.36. The number of fused-ring (bicyclic) bond motifs is 1. The van der Waals surface area contributed by atoms with Gasteiger partial charge >= 0.3 is 0 Å². The SMILES string of the molecule is NS(=O)(=O)c1ccc2c(c1)NC(=O)C(c1ccccc1)N2c1ncccn1. The molecular weight excluding hydrogens is 366 g/mol. The van der Waals surface area contributed by atoms with Crippen LogP contribution in [0.5, 0.6) is 0 Å². The van der Waals surface area contributed by atoms with Crippen LogP contribution in [-0.2, 0) is 14.8 Å². The van der Waals surface area contributed by atoms with Gasteiger partial charge in [-0.2, -0.15) is 0 Å². The van der Waals surface area contributed by atoms with Crippen molar-refractivity contribution in [1.29, 1.82) is 0 Å². The molecule has 9 heteroatoms. The minimum atomic E-state index is -3.90. The maximum atomic E-state index is 12.9. The topological polar surface area (TPSA) is 118 Å². The number of sulfonamides is 1. The molecule has 27 heavy (non-hydrogen) atoms. The Kier molecular flexibility index (Phi) is 4.09. The van der Waals surface area contributed by atoms with Crippen LogP contribution in [0.3, 0.4) is 0 Å². The van der Waals surface area contributed by atoms with Gasteiger partial charge in [0.05, 0.1) is 16.3 Å². The van der Waals surface area contributed by atoms with Crippen molar-refractivity contribution in [3.8, 4) is 0 Å². The molecule has 1 unspecified atom stereocenters. The quantitative estimate of drug-likeness (QED) is 0.716. The Bertz CT molecular complexity index is 1100. The Morgan fingerprint density at radius 2 is 1.70 bits per heavy atom. The number of benzene rings is 2. The van der Waals surface area contributed by atoms with Crippen molar-refractivity contribution >= 4 is 33.3 Å². The van der Waals surface area contributed by atoms with E-state index in [1.54, 1.807) is 29.4 Å². The normalized spacial score (nSPS) is 16.6. The van der Waals surface area contributed by atoms with E-state index < -0.39 is 16.1 Å². The third kappa shape index (κ3) is 3.14. The molecule has 1 aliphatic rings. The summed E-state index contributed by atoms with van der Waals surface area (Å²) in [6, 6.07) is 14.5. The van der Waals surface area contributed by atoms with E-state index in [4.69, 9.17) is 5.14 Å². The average Bonchev–Trinajstić information content (AvgIpc) is 2.67. The summed E-state index contributed by atoms with van der Waals surface area (Å²) in [5.41, 5.74) is 1.65. The molecule has 8 nitrogen and oxygen atoms in total. The van der Waals surface area contributed by atoms with E-state index in [0.29, 0.717) is 17.3 Å². The summed E-state index contributed by atoms with van der Waals surface area (Å²) in [4.78, 5) is 23.1. The van der Waals surface area contributed by atoms with Crippen LogP contribution in [0, 0.1) is 0 Å². The number of nitrogens with one attached hydrogen (secondary N) is 1. The van der Waals surface area contributed by atoms with E-state index in [2.05, 4.69) is 15.3 Å². The summed E-state index contributed by atoms with van der Waals surface area (Å²) < 4.78 is 23.3. The zero-order valence-corrected chi connectivity index (χ0v) is 14.8. The molecule has 136 valence electrons. The molecule has 0 saturated carbocycles. The number of carbonyl (C=O) groups is 1. The fourth-order valence-corrected chi connectivity index (χ4v) is 3.57. The fraction of sp³-hybridized carbons (Fsp3) is 0.0556. The molecule has 0 fully saturated rings. The van der Waals surface area contributed by atoms with Gasteiger partial charge in [0.2, 0.25) is 16.0 Å². The molecule has 1 atom stereocenters. The molecule has 0 saturated heterocycles. The first-order chi connectivity index (χ1) is 12.9. The molecule has 4 rings (SSSR count). The molecule has 1 aliphatic heterocycles. The number of primary sulfonamides is 1. The third-order valence-corrected chi connectivity index (χ3v) is 5.11. The number of nitrogens with zero attached hydrogens (tertiary/aromatic N) is 3. The van der Waals surface area contributed by atoms with Crippen LogP contribution in [-0.4, -0.2) is 24.3 Å². The van der Waals surface area contributed by atoms with E-state index in [1.165, 1.54) is 12.1 Å². The van der Waals surface area contributed by atoms with Gasteiger partial charge < -0.3 is 5.32 Å². The van der Waals surface area contributed by atoms with Crippen molar-refractivity contribution in [2.75, 3.05) is 10.2 Å². The predicted molar refractivity (Wildman–Crippen MR) is 99.8 cm³/mol. The summed E-state index contributed by atoms with van der Waals surface area (Å²) in [5.74, 6) is -0.00136. The second-order valence-corrected chi connectivity index (χ2v) is 7.51. The van der Waals surface area contributed by atoms with Crippen LogP contribution in [0.15, 0.2) is 71.9 Å². The number of hydrogen-bond acceptors (Lipinski definition) is 6. The van der Waals surface area contributed by atoms with Crippen molar-refractivity contribution in [3.05, 3.63) is 72.6 Å². The van der Waals surface area contributed by atoms with Crippen molar-refractivity contribution in [1.82, 2.24) is 9.97 Å². The van der Waals surface area contributed by atoms with Gasteiger partial charge in [-0.25, -0.2) is 23.5 Å². The second kappa shape index (κ2) is 6.45. The molecule has 0 aliphatic carbocycles. The predicted octanol–water partition coefficient (Wildman–Crippen LogP) is 1.96. The molecule has 0 bridgehead atoms. The minimum absolute atomic E-state index is 0.0892. The van der Waals surface area contributed by atoms with Crippen LogP contribution in [0.2, 0.25) is 0 Å². The summed E-state index contributed by atoms with van der Waals surface area (Å²) in [6.45, 7) is 0. The van der Waals surface area contributed by atoms with E-state index >= 15 is 0 Å². The largest absolute Gasteiger partial charge is 0.322 e. The highest BCUT2D eigenvalue weighted by Crippen LogP contribution is 2.42. The summed E-state index contributed by atoms with van der Waals surface area (Å²) in [6.07, 6.45) is 3.16. The van der Waals surface area contributed by atoms with Gasteiger partial charge in [-0.15, -0.1) is 0 Å². The number of nitrogens with two attached hydrogens (primary N) is 1. The van der Waals surface area contributed by atoms with Crippen LogP contribution in [0.4, 0.5) is 17.3 Å². The van der Waals surface area contributed by atoms with Crippen LogP contribution in [0.25, 0.3) is 0 Å². The fourth-order valence-electron chi connectivity index (χ4n) is 3.03. The van der Waals surface area contributed by atoms with E-state index in [1.807, 2.05) is 30.3 Å². The Hall–Kier alpha value is -3.30. The van der Waals surface area contributed by atoms with Gasteiger partial charge in [0, 0.05) is 12.4 Å². The Labute approximate surface area is 155 Å². The first kappa shape index (κ1) is 17.1. The van der Waals surface area contributed by atoms with Crippen molar-refractivity contribution in [2.45, 2.75) is 10.9 Å². The molecular formula is C18H15N5O3S. The molecule has 2 aromatic carbocycles. The van der Waals surface area contributed by atoms with Crippen molar-refractivity contribution < 1.29 is 13.2 Å². The molecule has 0 radical (unpaired) electrons. The summed E-state index contributed by atoms with van der Waals surface area (Å²) in [7, 11) is -3.90. The highest BCUT2D eigenvalue weighted by Gasteiger charge is 2.37. The van der Waals surface area contributed by atoms with E-state index in [9.17, 15) is 13.2 Å². The molecule has 3 N–H and O–H groups in total. The third-order valence-electron chi connectivity index (χ3n) is 4.20. The molecule has 3 aromatic rings. The van der Waals surface area contributed by atoms with Gasteiger partial charge in [-0.05, 0) is 29.8 Å². The number of hydrogen-bond donors (Lipinski definition) is 2. The monoisotopic (exact) mass is 381 g/mol. The lowest BCUT2D eigenvalue weighted by Crippen LogP contribution is -2.39. The van der Waals surface area contributed by atoms with Crippen molar-refractivity contribution in [2.24, 2.45) is 5.14 Å². The molecule has 1 aromatic heterocycles. The van der Waals surface area contributed by atoms with Gasteiger partial charge in [-0.3, -0.25) is 9.69 Å². The zero-order chi connectivity index (χ0) is 19.0. The van der Waals surface area contributed by atoms with E-state index in [-0.39, 0.29) is 10.8 Å². The lowest BCUT2D eigenvalue weighted by molar-refractivity contribution is -0.117. The zero-order valence-electron chi connectivity index (χ0n) is 14.0. The highest BCUT2D eigenvalue weighted by atomic mass is 32.2. The van der Waals surface area contributed by atoms with Crippen LogP contribution >= 0.6 is 0 Å². The molecule has 1 amide bonds. The maximum absolute atomic E-state index is 12.9. The molecule has 0 spiro atoms. The van der Waals surface area contributed by atoms with Gasteiger partial charge in [0.1, 0.15) is 6.04 Å². The lowest BCUT2D eigenvalue weighted by atomic mass is 10.0. The van der Waals surface area contributed by atoms with Gasteiger partial charge in [0.15, 0.2) is 0 Å². The summed E-state index contributed by atoms with van der Waals surface area (Å²) in [5, 5.41) is 7.97. The minimum Gasteiger partial charge on any atom is -0.322 e. The first-order valence-corrected chi connectivity index (χ1v) is 9.59. The Balaban J connectivity index is 1.93. The Morgan fingerprint density at radius 1 is 1.00 bits per heavy atom. The highest BCUT2D eigenvalue weighted by molar-refractivity contribution is 7.89. The van der Waals surface area contributed by atoms with E-state index in [0.717, 1.165) is 5.56 Å². The smallest absolute Gasteiger partial charge is 0.252 e. The molecule has 2 heterocycles. The number of rotatable bonds is 3. The van der Waals surface area contributed by atoms with Gasteiger partial charge in [0.25, 0.3) is 5.91 Å². The van der Waals surface area contributed by atoms with Crippen molar-refractivity contribution in [3.63, 3.8) is 0 Å². The second-order valence-electron chi connectivity index (χ2n) is 5.95. The number of carbonyl (C=O) groups excluding carboxylic acids is 1.